The summed E-state index contributed by atoms with van der Waals surface area (Å²) in [7, 11) is 0. The Kier molecular flexibility index (Phi) is 4.08. The molecule has 1 aromatic rings. The van der Waals surface area contributed by atoms with Crippen LogP contribution in [0.4, 0.5) is 5.69 Å². The lowest BCUT2D eigenvalue weighted by atomic mass is 10.2. The molecule has 1 rings (SSSR count). The number of rotatable bonds is 4. The van der Waals surface area contributed by atoms with E-state index in [2.05, 4.69) is 20.9 Å². The van der Waals surface area contributed by atoms with Crippen molar-refractivity contribution in [3.8, 4) is 0 Å². The number of amides is 1. The highest BCUT2D eigenvalue weighted by Crippen LogP contribution is 2.25. The molecule has 0 spiro atoms. The van der Waals surface area contributed by atoms with Crippen molar-refractivity contribution in [2.75, 3.05) is 11.4 Å². The molecule has 4 nitrogen and oxygen atoms in total. The molecular weight excluding hydrogens is 258 g/mol. The van der Waals surface area contributed by atoms with Crippen molar-refractivity contribution >= 4 is 27.5 Å². The summed E-state index contributed by atoms with van der Waals surface area (Å²) in [6, 6.07) is 2.06. The Hall–Kier alpha value is -1.10. The average molecular weight is 272 g/mol. The number of nitrogens with zero attached hydrogens (tertiary/aromatic N) is 2. The lowest BCUT2D eigenvalue weighted by molar-refractivity contribution is -0.116. The van der Waals surface area contributed by atoms with Crippen LogP contribution >= 0.6 is 15.9 Å². The molecule has 0 aliphatic rings. The zero-order valence-electron chi connectivity index (χ0n) is 8.77. The van der Waals surface area contributed by atoms with E-state index in [-0.39, 0.29) is 18.5 Å². The first kappa shape index (κ1) is 12.0. The summed E-state index contributed by atoms with van der Waals surface area (Å²) in [5.41, 5.74) is 6.14. The normalized spacial score (nSPS) is 10.4. The van der Waals surface area contributed by atoms with E-state index in [1.54, 1.807) is 12.4 Å². The quantitative estimate of drug-likeness (QED) is 0.904. The summed E-state index contributed by atoms with van der Waals surface area (Å²) < 4.78 is 0.861. The molecule has 0 radical (unpaired) electrons. The van der Waals surface area contributed by atoms with E-state index in [0.717, 1.165) is 10.2 Å². The van der Waals surface area contributed by atoms with Gasteiger partial charge in [0.1, 0.15) is 0 Å². The molecule has 1 heterocycles. The molecule has 0 aliphatic heterocycles. The van der Waals surface area contributed by atoms with Gasteiger partial charge in [-0.1, -0.05) is 0 Å². The van der Waals surface area contributed by atoms with Crippen LogP contribution in [0.3, 0.4) is 0 Å². The van der Waals surface area contributed by atoms with Gasteiger partial charge in [-0.25, -0.2) is 0 Å². The zero-order chi connectivity index (χ0) is 11.4. The van der Waals surface area contributed by atoms with E-state index in [9.17, 15) is 4.79 Å². The Bertz CT molecular complexity index is 354. The van der Waals surface area contributed by atoms with Crippen LogP contribution in [0.25, 0.3) is 0 Å². The topological polar surface area (TPSA) is 59.2 Å². The van der Waals surface area contributed by atoms with Crippen LogP contribution in [-0.4, -0.2) is 23.5 Å². The number of hydrogen-bond acceptors (Lipinski definition) is 3. The lowest BCUT2D eigenvalue weighted by Gasteiger charge is -2.28. The number of carbonyl (C=O) groups excluding carboxylic acids is 1. The first-order valence-corrected chi connectivity index (χ1v) is 5.46. The number of carbonyl (C=O) groups is 1. The van der Waals surface area contributed by atoms with Crippen molar-refractivity contribution in [1.82, 2.24) is 4.98 Å². The van der Waals surface area contributed by atoms with Gasteiger partial charge in [-0.2, -0.15) is 0 Å². The Morgan fingerprint density at radius 2 is 2.33 bits per heavy atom. The van der Waals surface area contributed by atoms with Crippen molar-refractivity contribution < 1.29 is 4.79 Å². The lowest BCUT2D eigenvalue weighted by Crippen LogP contribution is -2.38. The van der Waals surface area contributed by atoms with Crippen LogP contribution in [0.15, 0.2) is 22.9 Å². The molecule has 0 aromatic carbocycles. The van der Waals surface area contributed by atoms with Gasteiger partial charge in [0.05, 0.1) is 16.7 Å². The first-order chi connectivity index (χ1) is 7.02. The molecule has 0 atom stereocenters. The maximum atomic E-state index is 10.9. The molecule has 2 N–H and O–H groups in total. The highest BCUT2D eigenvalue weighted by Gasteiger charge is 2.15. The average Bonchev–Trinajstić information content (AvgIpc) is 2.15. The highest BCUT2D eigenvalue weighted by molar-refractivity contribution is 9.10. The molecule has 0 fully saturated rings. The minimum atomic E-state index is -0.340. The number of nitrogens with two attached hydrogens (primary N) is 1. The Labute approximate surface area is 97.6 Å². The molecule has 5 heteroatoms. The van der Waals surface area contributed by atoms with Crippen LogP contribution in [0.2, 0.25) is 0 Å². The van der Waals surface area contributed by atoms with Crippen molar-refractivity contribution in [3.63, 3.8) is 0 Å². The molecule has 1 aromatic heterocycles. The van der Waals surface area contributed by atoms with Gasteiger partial charge in [0.2, 0.25) is 5.91 Å². The Morgan fingerprint density at radius 1 is 1.67 bits per heavy atom. The van der Waals surface area contributed by atoms with Gasteiger partial charge in [0, 0.05) is 18.4 Å². The summed E-state index contributed by atoms with van der Waals surface area (Å²) in [6.07, 6.45) is 3.39. The maximum absolute atomic E-state index is 10.9. The monoisotopic (exact) mass is 271 g/mol. The van der Waals surface area contributed by atoms with Gasteiger partial charge >= 0.3 is 0 Å². The van der Waals surface area contributed by atoms with Crippen molar-refractivity contribution in [2.24, 2.45) is 5.73 Å². The molecule has 0 aliphatic carbocycles. The number of anilines is 1. The third kappa shape index (κ3) is 3.20. The Balaban J connectivity index is 2.99. The highest BCUT2D eigenvalue weighted by atomic mass is 79.9. The molecule has 0 unspecified atom stereocenters. The van der Waals surface area contributed by atoms with Crippen LogP contribution in [0.5, 0.6) is 0 Å². The largest absolute Gasteiger partial charge is 0.368 e. The van der Waals surface area contributed by atoms with Gasteiger partial charge in [0.15, 0.2) is 0 Å². The molecule has 82 valence electrons. The number of pyridine rings is 1. The fraction of sp³-hybridized carbons (Fsp3) is 0.400. The van der Waals surface area contributed by atoms with E-state index in [1.807, 2.05) is 24.8 Å². The number of halogens is 1. The molecular formula is C10H14BrN3O. The second-order valence-electron chi connectivity index (χ2n) is 3.52. The number of hydrogen-bond donors (Lipinski definition) is 1. The van der Waals surface area contributed by atoms with Crippen LogP contribution in [0.1, 0.15) is 13.8 Å². The molecule has 0 bridgehead atoms. The summed E-state index contributed by atoms with van der Waals surface area (Å²) in [4.78, 5) is 16.8. The smallest absolute Gasteiger partial charge is 0.236 e. The zero-order valence-corrected chi connectivity index (χ0v) is 10.4. The third-order valence-electron chi connectivity index (χ3n) is 2.01. The SMILES string of the molecule is CC(C)N(CC(N)=O)c1ccncc1Br. The van der Waals surface area contributed by atoms with Crippen LogP contribution < -0.4 is 10.6 Å². The van der Waals surface area contributed by atoms with E-state index in [4.69, 9.17) is 5.73 Å². The van der Waals surface area contributed by atoms with E-state index in [1.165, 1.54) is 0 Å². The van der Waals surface area contributed by atoms with Gasteiger partial charge < -0.3 is 10.6 Å². The van der Waals surface area contributed by atoms with Crippen molar-refractivity contribution in [1.29, 1.82) is 0 Å². The second kappa shape index (κ2) is 5.11. The van der Waals surface area contributed by atoms with E-state index >= 15 is 0 Å². The summed E-state index contributed by atoms with van der Waals surface area (Å²) in [6.45, 7) is 4.23. The minimum Gasteiger partial charge on any atom is -0.368 e. The van der Waals surface area contributed by atoms with E-state index < -0.39 is 0 Å². The number of aromatic nitrogens is 1. The van der Waals surface area contributed by atoms with E-state index in [0.29, 0.717) is 0 Å². The third-order valence-corrected chi connectivity index (χ3v) is 2.62. The summed E-state index contributed by atoms with van der Waals surface area (Å²) in [5, 5.41) is 0. The van der Waals surface area contributed by atoms with Gasteiger partial charge in [-0.05, 0) is 35.8 Å². The predicted molar refractivity (Wildman–Crippen MR) is 63.6 cm³/mol. The van der Waals surface area contributed by atoms with Crippen molar-refractivity contribution in [2.45, 2.75) is 19.9 Å². The fourth-order valence-electron chi connectivity index (χ4n) is 1.31. The standard InChI is InChI=1S/C10H14BrN3O/c1-7(2)14(6-10(12)15)9-3-4-13-5-8(9)11/h3-5,7H,6H2,1-2H3,(H2,12,15). The van der Waals surface area contributed by atoms with Crippen LogP contribution in [0, 0.1) is 0 Å². The van der Waals surface area contributed by atoms with Crippen LogP contribution in [-0.2, 0) is 4.79 Å². The van der Waals surface area contributed by atoms with Crippen molar-refractivity contribution in [3.05, 3.63) is 22.9 Å². The van der Waals surface area contributed by atoms with Gasteiger partial charge in [0.25, 0.3) is 0 Å². The molecule has 1 amide bonds. The minimum absolute atomic E-state index is 0.205. The Morgan fingerprint density at radius 3 is 2.80 bits per heavy atom. The summed E-state index contributed by atoms with van der Waals surface area (Å²) >= 11 is 3.40. The molecule has 0 saturated carbocycles. The fourth-order valence-corrected chi connectivity index (χ4v) is 1.79. The maximum Gasteiger partial charge on any atom is 0.236 e. The first-order valence-electron chi connectivity index (χ1n) is 4.67. The predicted octanol–water partition coefficient (Wildman–Crippen LogP) is 1.54. The molecule has 0 saturated heterocycles. The molecule has 15 heavy (non-hydrogen) atoms. The summed E-state index contributed by atoms with van der Waals surface area (Å²) in [5.74, 6) is -0.340. The second-order valence-corrected chi connectivity index (χ2v) is 4.37. The van der Waals surface area contributed by atoms with Gasteiger partial charge in [-0.3, -0.25) is 9.78 Å². The van der Waals surface area contributed by atoms with Gasteiger partial charge in [-0.15, -0.1) is 0 Å². The number of primary amides is 1.